The van der Waals surface area contributed by atoms with Gasteiger partial charge in [0.25, 0.3) is 5.91 Å². The molecule has 2 aromatic rings. The standard InChI is InChI=1S/C23H31BrN4O3/c1-23(2,3)17-11-14(24)12-18-20(17)25-21(26(18)4)22(31)27-9-10-28(19(30)13-27)15-5-7-16(29)8-6-15/h11-12,15-16,29H,5-10,13H2,1-4H3/t15-,16-. The topological polar surface area (TPSA) is 78.7 Å². The van der Waals surface area contributed by atoms with Gasteiger partial charge < -0.3 is 19.5 Å². The fourth-order valence-electron chi connectivity index (χ4n) is 4.77. The lowest BCUT2D eigenvalue weighted by Crippen LogP contribution is -2.56. The van der Waals surface area contributed by atoms with Crippen molar-refractivity contribution in [3.8, 4) is 0 Å². The van der Waals surface area contributed by atoms with Gasteiger partial charge in [-0.3, -0.25) is 9.59 Å². The van der Waals surface area contributed by atoms with Crippen LogP contribution in [0.25, 0.3) is 11.0 Å². The van der Waals surface area contributed by atoms with Crippen LogP contribution in [0.1, 0.15) is 62.6 Å². The zero-order chi connectivity index (χ0) is 22.5. The molecule has 1 aliphatic heterocycles. The Kier molecular flexibility index (Phi) is 5.89. The molecule has 1 aliphatic carbocycles. The molecule has 1 saturated heterocycles. The number of hydrogen-bond acceptors (Lipinski definition) is 4. The molecule has 168 valence electrons. The summed E-state index contributed by atoms with van der Waals surface area (Å²) < 4.78 is 2.78. The molecule has 2 amide bonds. The number of carbonyl (C=O) groups is 2. The summed E-state index contributed by atoms with van der Waals surface area (Å²) in [6.45, 7) is 7.51. The lowest BCUT2D eigenvalue weighted by Gasteiger charge is -2.41. The molecule has 7 nitrogen and oxygen atoms in total. The number of aliphatic hydroxyl groups is 1. The molecule has 4 rings (SSSR count). The molecule has 1 aromatic heterocycles. The molecule has 2 heterocycles. The van der Waals surface area contributed by atoms with Crippen LogP contribution >= 0.6 is 15.9 Å². The third-order valence-electron chi connectivity index (χ3n) is 6.60. The van der Waals surface area contributed by atoms with Gasteiger partial charge in [-0.2, -0.15) is 0 Å². The van der Waals surface area contributed by atoms with Crippen LogP contribution in [-0.4, -0.2) is 68.1 Å². The van der Waals surface area contributed by atoms with Gasteiger partial charge in [0.2, 0.25) is 5.91 Å². The van der Waals surface area contributed by atoms with Crippen LogP contribution in [0.2, 0.25) is 0 Å². The van der Waals surface area contributed by atoms with E-state index in [1.165, 1.54) is 0 Å². The van der Waals surface area contributed by atoms with Crippen LogP contribution in [0.4, 0.5) is 0 Å². The number of benzene rings is 1. The van der Waals surface area contributed by atoms with Gasteiger partial charge in [0.1, 0.15) is 6.54 Å². The monoisotopic (exact) mass is 490 g/mol. The molecule has 0 bridgehead atoms. The van der Waals surface area contributed by atoms with Crippen molar-refractivity contribution in [1.82, 2.24) is 19.4 Å². The van der Waals surface area contributed by atoms with Crippen LogP contribution < -0.4 is 0 Å². The summed E-state index contributed by atoms with van der Waals surface area (Å²) in [5, 5.41) is 9.74. The Morgan fingerprint density at radius 3 is 2.45 bits per heavy atom. The van der Waals surface area contributed by atoms with E-state index < -0.39 is 0 Å². The van der Waals surface area contributed by atoms with E-state index in [2.05, 4.69) is 42.8 Å². The van der Waals surface area contributed by atoms with E-state index in [-0.39, 0.29) is 35.9 Å². The average Bonchev–Trinajstić information content (AvgIpc) is 3.03. The van der Waals surface area contributed by atoms with Crippen LogP contribution in [0.15, 0.2) is 16.6 Å². The maximum Gasteiger partial charge on any atom is 0.290 e. The highest BCUT2D eigenvalue weighted by molar-refractivity contribution is 9.10. The van der Waals surface area contributed by atoms with Crippen molar-refractivity contribution in [3.05, 3.63) is 28.0 Å². The van der Waals surface area contributed by atoms with E-state index in [0.29, 0.717) is 18.9 Å². The quantitative estimate of drug-likeness (QED) is 0.700. The fourth-order valence-corrected chi connectivity index (χ4v) is 5.22. The van der Waals surface area contributed by atoms with Gasteiger partial charge in [-0.25, -0.2) is 4.98 Å². The predicted octanol–water partition coefficient (Wildman–Crippen LogP) is 3.22. The van der Waals surface area contributed by atoms with Gasteiger partial charge in [-0.1, -0.05) is 36.7 Å². The van der Waals surface area contributed by atoms with Crippen molar-refractivity contribution in [3.63, 3.8) is 0 Å². The zero-order valence-electron chi connectivity index (χ0n) is 18.7. The summed E-state index contributed by atoms with van der Waals surface area (Å²) in [5.74, 6) is 0.139. The molecular formula is C23H31BrN4O3. The summed E-state index contributed by atoms with van der Waals surface area (Å²) in [7, 11) is 1.85. The maximum atomic E-state index is 13.3. The van der Waals surface area contributed by atoms with Gasteiger partial charge in [-0.15, -0.1) is 0 Å². The number of carbonyl (C=O) groups excluding carboxylic acids is 2. The number of fused-ring (bicyclic) bond motifs is 1. The Morgan fingerprint density at radius 1 is 1.16 bits per heavy atom. The number of amides is 2. The van der Waals surface area contributed by atoms with E-state index in [0.717, 1.165) is 46.8 Å². The molecule has 31 heavy (non-hydrogen) atoms. The molecule has 0 unspecified atom stereocenters. The number of aromatic nitrogens is 2. The van der Waals surface area contributed by atoms with Crippen molar-refractivity contribution >= 4 is 38.8 Å². The molecular weight excluding hydrogens is 460 g/mol. The van der Waals surface area contributed by atoms with E-state index in [1.807, 2.05) is 22.6 Å². The van der Waals surface area contributed by atoms with Crippen LogP contribution in [-0.2, 0) is 17.3 Å². The first-order chi connectivity index (χ1) is 14.6. The molecule has 8 heteroatoms. The van der Waals surface area contributed by atoms with Crippen LogP contribution in [0, 0.1) is 0 Å². The molecule has 1 N–H and O–H groups in total. The Labute approximate surface area is 191 Å². The average molecular weight is 491 g/mol. The van der Waals surface area contributed by atoms with Crippen molar-refractivity contribution in [2.75, 3.05) is 19.6 Å². The molecule has 0 atom stereocenters. The highest BCUT2D eigenvalue weighted by Gasteiger charge is 2.35. The number of hydrogen-bond donors (Lipinski definition) is 1. The minimum Gasteiger partial charge on any atom is -0.393 e. The summed E-state index contributed by atoms with van der Waals surface area (Å²) >= 11 is 3.59. The number of halogens is 1. The number of rotatable bonds is 2. The van der Waals surface area contributed by atoms with Crippen LogP contribution in [0.5, 0.6) is 0 Å². The third-order valence-corrected chi connectivity index (χ3v) is 7.06. The van der Waals surface area contributed by atoms with Crippen LogP contribution in [0.3, 0.4) is 0 Å². The summed E-state index contributed by atoms with van der Waals surface area (Å²) in [6.07, 6.45) is 2.89. The summed E-state index contributed by atoms with van der Waals surface area (Å²) in [6, 6.07) is 4.22. The molecule has 2 fully saturated rings. The van der Waals surface area contributed by atoms with Gasteiger partial charge in [0.05, 0.1) is 17.1 Å². The number of aryl methyl sites for hydroxylation is 1. The van der Waals surface area contributed by atoms with E-state index in [9.17, 15) is 14.7 Å². The van der Waals surface area contributed by atoms with E-state index >= 15 is 0 Å². The number of nitrogens with zero attached hydrogens (tertiary/aromatic N) is 4. The van der Waals surface area contributed by atoms with E-state index in [4.69, 9.17) is 4.98 Å². The lowest BCUT2D eigenvalue weighted by molar-refractivity contribution is -0.138. The smallest absolute Gasteiger partial charge is 0.290 e. The Balaban J connectivity index is 1.56. The highest BCUT2D eigenvalue weighted by Crippen LogP contribution is 2.33. The molecule has 2 aliphatic rings. The zero-order valence-corrected chi connectivity index (χ0v) is 20.3. The summed E-state index contributed by atoms with van der Waals surface area (Å²) in [4.78, 5) is 34.4. The second-order valence-electron chi connectivity index (χ2n) is 9.84. The van der Waals surface area contributed by atoms with Gasteiger partial charge in [0.15, 0.2) is 5.82 Å². The molecule has 0 spiro atoms. The van der Waals surface area contributed by atoms with Gasteiger partial charge in [0, 0.05) is 30.7 Å². The number of aliphatic hydroxyl groups excluding tert-OH is 1. The first-order valence-electron chi connectivity index (χ1n) is 11.0. The predicted molar refractivity (Wildman–Crippen MR) is 123 cm³/mol. The lowest BCUT2D eigenvalue weighted by atomic mass is 9.86. The largest absolute Gasteiger partial charge is 0.393 e. The minimum atomic E-state index is -0.246. The minimum absolute atomic E-state index is 0.0159. The Hall–Kier alpha value is -1.93. The van der Waals surface area contributed by atoms with Gasteiger partial charge >= 0.3 is 0 Å². The third kappa shape index (κ3) is 4.24. The second-order valence-corrected chi connectivity index (χ2v) is 10.8. The van der Waals surface area contributed by atoms with Crippen molar-refractivity contribution in [2.24, 2.45) is 7.05 Å². The second kappa shape index (κ2) is 8.20. The van der Waals surface area contributed by atoms with Crippen molar-refractivity contribution in [1.29, 1.82) is 0 Å². The molecule has 1 aromatic carbocycles. The highest BCUT2D eigenvalue weighted by atomic mass is 79.9. The van der Waals surface area contributed by atoms with Gasteiger partial charge in [-0.05, 0) is 48.8 Å². The Bertz CT molecular complexity index is 1020. The van der Waals surface area contributed by atoms with E-state index in [1.54, 1.807) is 4.90 Å². The SMILES string of the molecule is Cn1c(C(=O)N2CCN([C@H]3CC[C@H](O)CC3)C(=O)C2)nc2c(C(C)(C)C)cc(Br)cc21. The summed E-state index contributed by atoms with van der Waals surface area (Å²) in [5.41, 5.74) is 2.68. The van der Waals surface area contributed by atoms with Crippen molar-refractivity contribution < 1.29 is 14.7 Å². The Morgan fingerprint density at radius 2 is 1.84 bits per heavy atom. The molecule has 1 saturated carbocycles. The number of piperazine rings is 1. The van der Waals surface area contributed by atoms with Crippen molar-refractivity contribution in [2.45, 2.75) is 64.0 Å². The maximum absolute atomic E-state index is 13.3. The number of imidazole rings is 1. The molecule has 0 radical (unpaired) electrons. The first-order valence-corrected chi connectivity index (χ1v) is 11.8. The fraction of sp³-hybridized carbons (Fsp3) is 0.609. The first kappa shape index (κ1) is 22.3. The normalized spacial score (nSPS) is 23.0.